The molecule has 0 fully saturated rings. The van der Waals surface area contributed by atoms with Crippen LogP contribution in [0.2, 0.25) is 0 Å². The van der Waals surface area contributed by atoms with Crippen molar-refractivity contribution in [1.82, 2.24) is 10.4 Å². The van der Waals surface area contributed by atoms with Crippen LogP contribution in [0.5, 0.6) is 0 Å². The Bertz CT molecular complexity index is 655. The van der Waals surface area contributed by atoms with Crippen LogP contribution in [0.25, 0.3) is 0 Å². The lowest BCUT2D eigenvalue weighted by molar-refractivity contribution is 0.408. The molecule has 0 radical (unpaired) electrons. The molecule has 2 unspecified atom stereocenters. The molecule has 0 amide bonds. The van der Waals surface area contributed by atoms with Crippen molar-refractivity contribution in [2.24, 2.45) is 5.84 Å². The quantitative estimate of drug-likeness (QED) is 0.657. The highest BCUT2D eigenvalue weighted by molar-refractivity contribution is 9.10. The van der Waals surface area contributed by atoms with Gasteiger partial charge in [0.2, 0.25) is 0 Å². The van der Waals surface area contributed by atoms with Crippen molar-refractivity contribution in [3.8, 4) is 0 Å². The minimum absolute atomic E-state index is 0.0378. The zero-order chi connectivity index (χ0) is 15.0. The van der Waals surface area contributed by atoms with Gasteiger partial charge in [-0.25, -0.2) is 8.78 Å². The highest BCUT2D eigenvalue weighted by Gasteiger charge is 2.34. The van der Waals surface area contributed by atoms with Crippen molar-refractivity contribution >= 4 is 15.9 Å². The Morgan fingerprint density at radius 2 is 2.05 bits per heavy atom. The maximum Gasteiger partial charge on any atom is 0.132 e. The van der Waals surface area contributed by atoms with E-state index in [2.05, 4.69) is 26.3 Å². The lowest BCUT2D eigenvalue weighted by atomic mass is 9.90. The van der Waals surface area contributed by atoms with Gasteiger partial charge in [0, 0.05) is 27.8 Å². The molecule has 0 saturated carbocycles. The van der Waals surface area contributed by atoms with E-state index < -0.39 is 17.7 Å². The number of aryl methyl sites for hydroxylation is 1. The zero-order valence-corrected chi connectivity index (χ0v) is 12.7. The summed E-state index contributed by atoms with van der Waals surface area (Å²) in [5.74, 6) is 4.22. The number of rotatable bonds is 3. The summed E-state index contributed by atoms with van der Waals surface area (Å²) in [7, 11) is 0. The van der Waals surface area contributed by atoms with E-state index in [9.17, 15) is 8.78 Å². The lowest BCUT2D eigenvalue weighted by Crippen LogP contribution is -2.33. The molecule has 3 nitrogen and oxygen atoms in total. The molecule has 3 rings (SSSR count). The third kappa shape index (κ3) is 2.59. The molecule has 110 valence electrons. The fourth-order valence-corrected chi connectivity index (χ4v) is 3.42. The van der Waals surface area contributed by atoms with Crippen LogP contribution in [0.3, 0.4) is 0 Å². The fraction of sp³-hybridized carbons (Fsp3) is 0.267. The number of halogens is 3. The minimum Gasteiger partial charge on any atom is -0.271 e. The molecule has 2 atom stereocenters. The van der Waals surface area contributed by atoms with Crippen molar-refractivity contribution in [3.05, 3.63) is 63.4 Å². The number of nitrogens with one attached hydrogen (secondary N) is 1. The van der Waals surface area contributed by atoms with Crippen LogP contribution in [0, 0.1) is 11.6 Å². The summed E-state index contributed by atoms with van der Waals surface area (Å²) in [4.78, 5) is 4.36. The third-order valence-electron chi connectivity index (χ3n) is 3.94. The van der Waals surface area contributed by atoms with Crippen LogP contribution in [0.15, 0.2) is 34.9 Å². The molecule has 6 heteroatoms. The average molecular weight is 354 g/mol. The van der Waals surface area contributed by atoms with Gasteiger partial charge in [0.15, 0.2) is 0 Å². The van der Waals surface area contributed by atoms with Crippen LogP contribution >= 0.6 is 15.9 Å². The summed E-state index contributed by atoms with van der Waals surface area (Å²) in [5.41, 5.74) is 4.50. The van der Waals surface area contributed by atoms with Gasteiger partial charge < -0.3 is 0 Å². The monoisotopic (exact) mass is 353 g/mol. The number of aromatic nitrogens is 1. The Balaban J connectivity index is 2.05. The van der Waals surface area contributed by atoms with Crippen molar-refractivity contribution in [3.63, 3.8) is 0 Å². The van der Waals surface area contributed by atoms with E-state index in [4.69, 9.17) is 5.84 Å². The first kappa shape index (κ1) is 14.6. The van der Waals surface area contributed by atoms with Gasteiger partial charge in [-0.05, 0) is 36.6 Å². The molecular weight excluding hydrogens is 340 g/mol. The van der Waals surface area contributed by atoms with Crippen LogP contribution < -0.4 is 11.3 Å². The van der Waals surface area contributed by atoms with Crippen molar-refractivity contribution in [2.45, 2.75) is 24.8 Å². The number of nitrogens with zero attached hydrogens (tertiary/aromatic N) is 1. The molecule has 2 aromatic rings. The van der Waals surface area contributed by atoms with E-state index in [-0.39, 0.29) is 11.5 Å². The normalized spacial score (nSPS) is 18.6. The molecular formula is C15H14BrF2N3. The summed E-state index contributed by atoms with van der Waals surface area (Å²) in [6.07, 6.45) is 3.29. The summed E-state index contributed by atoms with van der Waals surface area (Å²) in [6, 6.07) is 5.71. The standard InChI is InChI=1S/C15H14BrF2N3/c16-9-6-11(17)13(12(18)7-9)15(21-19)10-4-3-8-2-1-5-20-14(8)10/h1-2,5-7,10,15,21H,3-4,19H2. The highest BCUT2D eigenvalue weighted by Crippen LogP contribution is 2.41. The minimum atomic E-state index is -0.644. The first-order valence-electron chi connectivity index (χ1n) is 6.66. The van der Waals surface area contributed by atoms with Crippen LogP contribution in [-0.2, 0) is 6.42 Å². The average Bonchev–Trinajstić information content (AvgIpc) is 2.86. The molecule has 1 aromatic carbocycles. The Morgan fingerprint density at radius 1 is 1.33 bits per heavy atom. The van der Waals surface area contributed by atoms with Gasteiger partial charge in [-0.3, -0.25) is 16.3 Å². The summed E-state index contributed by atoms with van der Waals surface area (Å²) >= 11 is 3.08. The van der Waals surface area contributed by atoms with Gasteiger partial charge in [0.1, 0.15) is 11.6 Å². The number of benzene rings is 1. The number of pyridine rings is 1. The molecule has 1 aliphatic rings. The van der Waals surface area contributed by atoms with E-state index in [0.29, 0.717) is 4.47 Å². The SMILES string of the molecule is NNC(c1c(F)cc(Br)cc1F)C1CCc2cccnc21. The maximum absolute atomic E-state index is 14.2. The van der Waals surface area contributed by atoms with Crippen molar-refractivity contribution in [1.29, 1.82) is 0 Å². The first-order chi connectivity index (χ1) is 10.1. The zero-order valence-electron chi connectivity index (χ0n) is 11.1. The number of hydrazine groups is 1. The van der Waals surface area contributed by atoms with E-state index in [1.807, 2.05) is 12.1 Å². The maximum atomic E-state index is 14.2. The Kier molecular flexibility index (Phi) is 4.01. The van der Waals surface area contributed by atoms with Gasteiger partial charge in [0.05, 0.1) is 6.04 Å². The second-order valence-electron chi connectivity index (χ2n) is 5.12. The largest absolute Gasteiger partial charge is 0.271 e. The van der Waals surface area contributed by atoms with Crippen molar-refractivity contribution < 1.29 is 8.78 Å². The summed E-state index contributed by atoms with van der Waals surface area (Å²) in [5, 5.41) is 0. The molecule has 3 N–H and O–H groups in total. The van der Waals surface area contributed by atoms with Crippen LogP contribution in [0.1, 0.15) is 35.2 Å². The highest BCUT2D eigenvalue weighted by atomic mass is 79.9. The van der Waals surface area contributed by atoms with Crippen LogP contribution in [-0.4, -0.2) is 4.98 Å². The topological polar surface area (TPSA) is 50.9 Å². The third-order valence-corrected chi connectivity index (χ3v) is 4.40. The molecule has 0 bridgehead atoms. The predicted molar refractivity (Wildman–Crippen MR) is 79.4 cm³/mol. The van der Waals surface area contributed by atoms with Gasteiger partial charge in [-0.2, -0.15) is 0 Å². The van der Waals surface area contributed by atoms with Gasteiger partial charge in [0.25, 0.3) is 0 Å². The number of hydrogen-bond donors (Lipinski definition) is 2. The van der Waals surface area contributed by atoms with Crippen LogP contribution in [0.4, 0.5) is 8.78 Å². The van der Waals surface area contributed by atoms with E-state index in [1.54, 1.807) is 6.20 Å². The Labute approximate surface area is 129 Å². The second-order valence-corrected chi connectivity index (χ2v) is 6.04. The Hall–Kier alpha value is -1.37. The molecule has 0 saturated heterocycles. The van der Waals surface area contributed by atoms with E-state index in [1.165, 1.54) is 12.1 Å². The molecule has 1 aliphatic carbocycles. The molecule has 1 heterocycles. The van der Waals surface area contributed by atoms with E-state index >= 15 is 0 Å². The number of hydrogen-bond acceptors (Lipinski definition) is 3. The molecule has 0 aliphatic heterocycles. The second kappa shape index (κ2) is 5.79. The number of nitrogens with two attached hydrogens (primary N) is 1. The lowest BCUT2D eigenvalue weighted by Gasteiger charge is -2.24. The first-order valence-corrected chi connectivity index (χ1v) is 7.45. The van der Waals surface area contributed by atoms with Gasteiger partial charge in [-0.15, -0.1) is 0 Å². The summed E-state index contributed by atoms with van der Waals surface area (Å²) < 4.78 is 28.7. The van der Waals surface area contributed by atoms with Gasteiger partial charge in [-0.1, -0.05) is 22.0 Å². The molecule has 21 heavy (non-hydrogen) atoms. The van der Waals surface area contributed by atoms with Crippen molar-refractivity contribution in [2.75, 3.05) is 0 Å². The molecule has 1 aromatic heterocycles. The smallest absolute Gasteiger partial charge is 0.132 e. The molecule has 0 spiro atoms. The summed E-state index contributed by atoms with van der Waals surface area (Å²) in [6.45, 7) is 0. The number of fused-ring (bicyclic) bond motifs is 1. The fourth-order valence-electron chi connectivity index (χ4n) is 3.02. The Morgan fingerprint density at radius 3 is 2.71 bits per heavy atom. The van der Waals surface area contributed by atoms with Gasteiger partial charge >= 0.3 is 0 Å². The van der Waals surface area contributed by atoms with E-state index in [0.717, 1.165) is 24.1 Å². The predicted octanol–water partition coefficient (Wildman–Crippen LogP) is 3.36.